The Morgan fingerprint density at radius 2 is 1.34 bits per heavy atom. The van der Waals surface area contributed by atoms with E-state index in [4.69, 9.17) is 24.4 Å². The number of nitrogens with zero attached hydrogens (tertiary/aromatic N) is 7. The van der Waals surface area contributed by atoms with E-state index in [0.29, 0.717) is 67.1 Å². The molecule has 2 aromatic carbocycles. The van der Waals surface area contributed by atoms with Crippen molar-refractivity contribution in [3.8, 4) is 11.4 Å². The van der Waals surface area contributed by atoms with E-state index >= 15 is 0 Å². The van der Waals surface area contributed by atoms with Crippen LogP contribution in [0.5, 0.6) is 0 Å². The minimum Gasteiger partial charge on any atom is -0.378 e. The van der Waals surface area contributed by atoms with Crippen LogP contribution in [0.3, 0.4) is 0 Å². The molecule has 2 N–H and O–H groups in total. The Morgan fingerprint density at radius 3 is 1.96 bits per heavy atom. The van der Waals surface area contributed by atoms with Gasteiger partial charge in [-0.15, -0.1) is 0 Å². The monoisotopic (exact) mass is 641 g/mol. The molecule has 13 heteroatoms. The van der Waals surface area contributed by atoms with Crippen LogP contribution in [-0.4, -0.2) is 121 Å². The number of carbonyl (C=O) groups is 2. The molecular weight excluding hydrogens is 598 g/mol. The SMILES string of the molecule is CC(C)N1CCN(C(=O)c2ccc(NC(=O)Nc3ccc(-c4nc(N5CCOCC5)nc(N5C6CCC5COC6)n4)cc3)cc2)CC1. The van der Waals surface area contributed by atoms with Crippen LogP contribution in [0.1, 0.15) is 37.0 Å². The summed E-state index contributed by atoms with van der Waals surface area (Å²) in [5.41, 5.74) is 2.68. The van der Waals surface area contributed by atoms with Crippen LogP contribution in [-0.2, 0) is 9.47 Å². The second kappa shape index (κ2) is 13.8. The minimum atomic E-state index is -0.374. The van der Waals surface area contributed by atoms with Gasteiger partial charge in [-0.3, -0.25) is 9.69 Å². The Kier molecular flexibility index (Phi) is 9.18. The number of hydrogen-bond acceptors (Lipinski definition) is 10. The first-order chi connectivity index (χ1) is 22.9. The first-order valence-corrected chi connectivity index (χ1v) is 16.7. The molecule has 3 aromatic rings. The first-order valence-electron chi connectivity index (χ1n) is 16.7. The van der Waals surface area contributed by atoms with E-state index in [1.54, 1.807) is 24.3 Å². The molecule has 47 heavy (non-hydrogen) atoms. The van der Waals surface area contributed by atoms with Crippen LogP contribution in [0, 0.1) is 0 Å². The van der Waals surface area contributed by atoms with Gasteiger partial charge in [0.1, 0.15) is 0 Å². The van der Waals surface area contributed by atoms with E-state index in [2.05, 4.69) is 39.2 Å². The quantitative estimate of drug-likeness (QED) is 0.395. The lowest BCUT2D eigenvalue weighted by Gasteiger charge is -2.37. The van der Waals surface area contributed by atoms with Crippen molar-refractivity contribution in [1.29, 1.82) is 0 Å². The van der Waals surface area contributed by atoms with Gasteiger partial charge in [0, 0.05) is 67.8 Å². The van der Waals surface area contributed by atoms with E-state index < -0.39 is 0 Å². The molecule has 5 heterocycles. The highest BCUT2D eigenvalue weighted by Crippen LogP contribution is 2.34. The number of amides is 3. The van der Waals surface area contributed by atoms with Gasteiger partial charge in [-0.2, -0.15) is 15.0 Å². The molecule has 7 rings (SSSR count). The van der Waals surface area contributed by atoms with Crippen molar-refractivity contribution in [2.75, 3.05) is 86.1 Å². The van der Waals surface area contributed by atoms with Crippen LogP contribution in [0.25, 0.3) is 11.4 Å². The van der Waals surface area contributed by atoms with Gasteiger partial charge in [0.2, 0.25) is 11.9 Å². The lowest BCUT2D eigenvalue weighted by atomic mass is 10.1. The van der Waals surface area contributed by atoms with Crippen LogP contribution in [0.2, 0.25) is 0 Å². The zero-order chi connectivity index (χ0) is 32.3. The normalized spacial score (nSPS) is 21.6. The van der Waals surface area contributed by atoms with Crippen LogP contribution >= 0.6 is 0 Å². The van der Waals surface area contributed by atoms with E-state index in [1.165, 1.54) is 0 Å². The molecule has 0 aliphatic carbocycles. The lowest BCUT2D eigenvalue weighted by Crippen LogP contribution is -2.50. The largest absolute Gasteiger partial charge is 0.378 e. The van der Waals surface area contributed by atoms with Crippen LogP contribution in [0.15, 0.2) is 48.5 Å². The number of rotatable bonds is 7. The zero-order valence-electron chi connectivity index (χ0n) is 27.1. The fourth-order valence-electron chi connectivity index (χ4n) is 6.77. The van der Waals surface area contributed by atoms with Gasteiger partial charge in [-0.1, -0.05) is 0 Å². The lowest BCUT2D eigenvalue weighted by molar-refractivity contribution is 0.0595. The Morgan fingerprint density at radius 1 is 0.745 bits per heavy atom. The van der Waals surface area contributed by atoms with Gasteiger partial charge in [-0.05, 0) is 75.2 Å². The zero-order valence-corrected chi connectivity index (χ0v) is 27.1. The highest BCUT2D eigenvalue weighted by molar-refractivity contribution is 6.00. The number of anilines is 4. The number of piperazine rings is 1. The van der Waals surface area contributed by atoms with Crippen molar-refractivity contribution in [3.63, 3.8) is 0 Å². The smallest absolute Gasteiger partial charge is 0.323 e. The van der Waals surface area contributed by atoms with Crippen molar-refractivity contribution in [3.05, 3.63) is 54.1 Å². The Hall–Kier alpha value is -4.33. The topological polar surface area (TPSA) is 128 Å². The van der Waals surface area contributed by atoms with Crippen molar-refractivity contribution in [2.24, 2.45) is 0 Å². The van der Waals surface area contributed by atoms with Crippen molar-refractivity contribution in [2.45, 2.75) is 44.8 Å². The van der Waals surface area contributed by atoms with Gasteiger partial charge in [0.15, 0.2) is 5.82 Å². The summed E-state index contributed by atoms with van der Waals surface area (Å²) in [7, 11) is 0. The molecular formula is C34H43N9O4. The molecule has 2 unspecified atom stereocenters. The number of urea groups is 1. The van der Waals surface area contributed by atoms with Gasteiger partial charge < -0.3 is 34.8 Å². The Bertz CT molecular complexity index is 1540. The van der Waals surface area contributed by atoms with E-state index in [9.17, 15) is 9.59 Å². The number of hydrogen-bond donors (Lipinski definition) is 2. The van der Waals surface area contributed by atoms with Gasteiger partial charge >= 0.3 is 6.03 Å². The number of nitrogens with one attached hydrogen (secondary N) is 2. The summed E-state index contributed by atoms with van der Waals surface area (Å²) >= 11 is 0. The van der Waals surface area contributed by atoms with Crippen molar-refractivity contribution in [1.82, 2.24) is 24.8 Å². The molecule has 4 aliphatic heterocycles. The predicted molar refractivity (Wildman–Crippen MR) is 180 cm³/mol. The summed E-state index contributed by atoms with van der Waals surface area (Å²) in [6.45, 7) is 11.7. The average Bonchev–Trinajstić information content (AvgIpc) is 3.36. The van der Waals surface area contributed by atoms with Crippen LogP contribution in [0.4, 0.5) is 28.1 Å². The second-order valence-corrected chi connectivity index (χ2v) is 12.8. The molecule has 4 aliphatic rings. The van der Waals surface area contributed by atoms with Crippen molar-refractivity contribution < 1.29 is 19.1 Å². The molecule has 13 nitrogen and oxygen atoms in total. The van der Waals surface area contributed by atoms with Gasteiger partial charge in [0.25, 0.3) is 5.91 Å². The number of fused-ring (bicyclic) bond motifs is 2. The molecule has 248 valence electrons. The fraction of sp³-hybridized carbons (Fsp3) is 0.500. The summed E-state index contributed by atoms with van der Waals surface area (Å²) in [6.07, 6.45) is 2.14. The first kappa shape index (κ1) is 31.3. The number of benzene rings is 2. The highest BCUT2D eigenvalue weighted by atomic mass is 16.5. The van der Waals surface area contributed by atoms with E-state index in [-0.39, 0.29) is 24.0 Å². The maximum atomic E-state index is 13.0. The standard InChI is InChI=1S/C34H43N9O4/c1-23(2)40-13-15-41(16-14-40)31(44)25-5-9-27(10-6-25)36-34(45)35-26-7-3-24(4-8-26)30-37-32(42-17-19-46-20-18-42)39-33(38-30)43-28-11-12-29(43)22-47-21-28/h3-10,23,28-29H,11-22H2,1-2H3,(H2,35,36,45). The Balaban J connectivity index is 0.997. The highest BCUT2D eigenvalue weighted by Gasteiger charge is 2.39. The molecule has 4 fully saturated rings. The summed E-state index contributed by atoms with van der Waals surface area (Å²) in [6, 6.07) is 15.2. The van der Waals surface area contributed by atoms with Gasteiger partial charge in [0.05, 0.1) is 38.5 Å². The molecule has 0 spiro atoms. The second-order valence-electron chi connectivity index (χ2n) is 12.8. The molecule has 3 amide bonds. The van der Waals surface area contributed by atoms with Gasteiger partial charge in [-0.25, -0.2) is 4.79 Å². The van der Waals surface area contributed by atoms with E-state index in [0.717, 1.165) is 57.7 Å². The minimum absolute atomic E-state index is 0.0177. The third-order valence-electron chi connectivity index (χ3n) is 9.50. The number of morpholine rings is 2. The predicted octanol–water partition coefficient (Wildman–Crippen LogP) is 3.55. The summed E-state index contributed by atoms with van der Waals surface area (Å²) in [5.74, 6) is 1.96. The summed E-state index contributed by atoms with van der Waals surface area (Å²) in [5, 5.41) is 5.75. The Labute approximate surface area is 275 Å². The third kappa shape index (κ3) is 7.02. The number of carbonyl (C=O) groups excluding carboxylic acids is 2. The number of ether oxygens (including phenoxy) is 2. The molecule has 0 saturated carbocycles. The fourth-order valence-corrected chi connectivity index (χ4v) is 6.77. The van der Waals surface area contributed by atoms with Crippen molar-refractivity contribution >= 4 is 35.2 Å². The average molecular weight is 642 g/mol. The maximum absolute atomic E-state index is 13.0. The van der Waals surface area contributed by atoms with Crippen LogP contribution < -0.4 is 20.4 Å². The molecule has 2 bridgehead atoms. The summed E-state index contributed by atoms with van der Waals surface area (Å²) < 4.78 is 11.4. The molecule has 4 saturated heterocycles. The number of aromatic nitrogens is 3. The van der Waals surface area contributed by atoms with E-state index in [1.807, 2.05) is 29.2 Å². The third-order valence-corrected chi connectivity index (χ3v) is 9.50. The molecule has 2 atom stereocenters. The molecule has 0 radical (unpaired) electrons. The maximum Gasteiger partial charge on any atom is 0.323 e. The summed E-state index contributed by atoms with van der Waals surface area (Å²) in [4.78, 5) is 49.3. The molecule has 1 aromatic heterocycles.